The summed E-state index contributed by atoms with van der Waals surface area (Å²) in [5.41, 5.74) is -0.363. The van der Waals surface area contributed by atoms with Gasteiger partial charge in [0.25, 0.3) is 10.0 Å². The predicted octanol–water partition coefficient (Wildman–Crippen LogP) is 0.916. The minimum Gasteiger partial charge on any atom is -0.494 e. The van der Waals surface area contributed by atoms with Gasteiger partial charge >= 0.3 is 0 Å². The van der Waals surface area contributed by atoms with E-state index in [-0.39, 0.29) is 17.5 Å². The number of benzene rings is 1. The first-order chi connectivity index (χ1) is 9.77. The van der Waals surface area contributed by atoms with Gasteiger partial charge in [0.15, 0.2) is 0 Å². The molecule has 1 aliphatic rings. The number of rotatable bonds is 4. The van der Waals surface area contributed by atoms with Crippen molar-refractivity contribution in [3.05, 3.63) is 18.2 Å². The van der Waals surface area contributed by atoms with Crippen molar-refractivity contribution in [1.29, 1.82) is 0 Å². The molecule has 0 aliphatic carbocycles. The molecule has 0 spiro atoms. The van der Waals surface area contributed by atoms with E-state index in [0.717, 1.165) is 0 Å². The molecular formula is C13H19N3O4S. The first-order valence-corrected chi connectivity index (χ1v) is 8.03. The molecule has 1 heterocycles. The highest BCUT2D eigenvalue weighted by Gasteiger charge is 2.28. The van der Waals surface area contributed by atoms with E-state index in [1.807, 2.05) is 6.92 Å². The van der Waals surface area contributed by atoms with E-state index in [1.54, 1.807) is 26.0 Å². The zero-order chi connectivity index (χ0) is 15.7. The van der Waals surface area contributed by atoms with E-state index in [4.69, 9.17) is 4.74 Å². The Bertz CT molecular complexity index is 668. The molecule has 3 N–H and O–H groups in total. The molecular weight excluding hydrogens is 294 g/mol. The molecule has 7 nitrogen and oxygen atoms in total. The number of aliphatic imine (C=N–C) groups is 1. The quantitative estimate of drug-likeness (QED) is 0.767. The van der Waals surface area contributed by atoms with Crippen LogP contribution in [0.2, 0.25) is 0 Å². The number of aliphatic hydroxyl groups is 1. The molecule has 0 saturated heterocycles. The lowest BCUT2D eigenvalue weighted by molar-refractivity contribution is 0.222. The van der Waals surface area contributed by atoms with Crippen LogP contribution < -0.4 is 14.8 Å². The Labute approximate surface area is 124 Å². The van der Waals surface area contributed by atoms with Crippen LogP contribution in [0, 0.1) is 0 Å². The minimum atomic E-state index is -3.72. The molecule has 0 unspecified atom stereocenters. The molecule has 0 radical (unpaired) electrons. The van der Waals surface area contributed by atoms with Gasteiger partial charge in [0.05, 0.1) is 24.4 Å². The molecule has 0 fully saturated rings. The molecule has 1 aromatic rings. The number of nitrogens with one attached hydrogen (secondary N) is 2. The molecule has 0 aromatic heterocycles. The SMILES string of the molecule is CCOc1ccc2c(c1)S(=O)(=O)NC(=NC(C)(C)CO)N2. The first kappa shape index (κ1) is 15.6. The average molecular weight is 313 g/mol. The van der Waals surface area contributed by atoms with E-state index in [9.17, 15) is 13.5 Å². The summed E-state index contributed by atoms with van der Waals surface area (Å²) in [4.78, 5) is 4.28. The number of sulfonamides is 1. The third-order valence-electron chi connectivity index (χ3n) is 2.84. The number of guanidine groups is 1. The van der Waals surface area contributed by atoms with Crippen molar-refractivity contribution in [1.82, 2.24) is 4.72 Å². The van der Waals surface area contributed by atoms with Crippen LogP contribution in [0.5, 0.6) is 5.75 Å². The Hall–Kier alpha value is -1.80. The Morgan fingerprint density at radius 2 is 2.10 bits per heavy atom. The Balaban J connectivity index is 2.42. The molecule has 0 saturated carbocycles. The number of ether oxygens (including phenoxy) is 1. The van der Waals surface area contributed by atoms with Gasteiger partial charge in [-0.1, -0.05) is 0 Å². The summed E-state index contributed by atoms with van der Waals surface area (Å²) in [5, 5.41) is 12.1. The lowest BCUT2D eigenvalue weighted by Gasteiger charge is -2.25. The number of hydrogen-bond donors (Lipinski definition) is 3. The summed E-state index contributed by atoms with van der Waals surface area (Å²) >= 11 is 0. The normalized spacial score (nSPS) is 18.6. The third kappa shape index (κ3) is 3.45. The number of fused-ring (bicyclic) bond motifs is 1. The van der Waals surface area contributed by atoms with Crippen LogP contribution in [0.1, 0.15) is 20.8 Å². The zero-order valence-electron chi connectivity index (χ0n) is 12.2. The second kappa shape index (κ2) is 5.53. The summed E-state index contributed by atoms with van der Waals surface area (Å²) in [7, 11) is -3.72. The van der Waals surface area contributed by atoms with Crippen molar-refractivity contribution in [2.75, 3.05) is 18.5 Å². The molecule has 0 amide bonds. The number of nitrogens with zero attached hydrogens (tertiary/aromatic N) is 1. The predicted molar refractivity (Wildman–Crippen MR) is 80.2 cm³/mol. The standard InChI is InChI=1S/C13H19N3O4S/c1-4-20-9-5-6-10-11(7-9)21(18,19)16-12(14-10)15-13(2,3)8-17/h5-7,17H,4,8H2,1-3H3,(H2,14,15,16). The maximum atomic E-state index is 12.3. The van der Waals surface area contributed by atoms with E-state index in [1.165, 1.54) is 6.07 Å². The molecule has 116 valence electrons. The van der Waals surface area contributed by atoms with Crippen molar-refractivity contribution in [3.63, 3.8) is 0 Å². The smallest absolute Gasteiger partial charge is 0.266 e. The second-order valence-electron chi connectivity index (χ2n) is 5.25. The average Bonchev–Trinajstić information content (AvgIpc) is 2.39. The molecule has 8 heteroatoms. The zero-order valence-corrected chi connectivity index (χ0v) is 13.0. The molecule has 0 bridgehead atoms. The van der Waals surface area contributed by atoms with Gasteiger partial charge in [-0.3, -0.25) is 0 Å². The van der Waals surface area contributed by atoms with Gasteiger partial charge in [-0.05, 0) is 32.9 Å². The largest absolute Gasteiger partial charge is 0.494 e. The van der Waals surface area contributed by atoms with Crippen molar-refractivity contribution in [2.24, 2.45) is 4.99 Å². The molecule has 1 aromatic carbocycles. The van der Waals surface area contributed by atoms with Crippen LogP contribution in [0.15, 0.2) is 28.1 Å². The van der Waals surface area contributed by atoms with Gasteiger partial charge in [-0.25, -0.2) is 18.1 Å². The summed E-state index contributed by atoms with van der Waals surface area (Å²) in [6, 6.07) is 4.77. The molecule has 21 heavy (non-hydrogen) atoms. The third-order valence-corrected chi connectivity index (χ3v) is 4.22. The van der Waals surface area contributed by atoms with Crippen LogP contribution in [-0.2, 0) is 10.0 Å². The minimum absolute atomic E-state index is 0.0886. The Morgan fingerprint density at radius 1 is 1.38 bits per heavy atom. The van der Waals surface area contributed by atoms with E-state index < -0.39 is 15.6 Å². The monoisotopic (exact) mass is 313 g/mol. The van der Waals surface area contributed by atoms with Gasteiger partial charge in [0, 0.05) is 6.07 Å². The van der Waals surface area contributed by atoms with Crippen LogP contribution in [0.25, 0.3) is 0 Å². The van der Waals surface area contributed by atoms with Gasteiger partial charge in [-0.15, -0.1) is 0 Å². The van der Waals surface area contributed by atoms with Gasteiger partial charge < -0.3 is 15.2 Å². The summed E-state index contributed by atoms with van der Waals surface area (Å²) in [6.07, 6.45) is 0. The fourth-order valence-electron chi connectivity index (χ4n) is 1.81. The number of aliphatic hydroxyl groups excluding tert-OH is 1. The van der Waals surface area contributed by atoms with Crippen molar-refractivity contribution in [3.8, 4) is 5.75 Å². The van der Waals surface area contributed by atoms with Crippen molar-refractivity contribution < 1.29 is 18.3 Å². The highest BCUT2D eigenvalue weighted by molar-refractivity contribution is 7.90. The van der Waals surface area contributed by atoms with E-state index in [2.05, 4.69) is 15.0 Å². The first-order valence-electron chi connectivity index (χ1n) is 6.55. The molecule has 2 rings (SSSR count). The highest BCUT2D eigenvalue weighted by atomic mass is 32.2. The van der Waals surface area contributed by atoms with Gasteiger partial charge in [0.1, 0.15) is 10.6 Å². The van der Waals surface area contributed by atoms with E-state index >= 15 is 0 Å². The van der Waals surface area contributed by atoms with E-state index in [0.29, 0.717) is 18.0 Å². The maximum absolute atomic E-state index is 12.3. The second-order valence-corrected chi connectivity index (χ2v) is 6.90. The lowest BCUT2D eigenvalue weighted by atomic mass is 10.1. The van der Waals surface area contributed by atoms with Crippen molar-refractivity contribution >= 4 is 21.7 Å². The Morgan fingerprint density at radius 3 is 2.71 bits per heavy atom. The van der Waals surface area contributed by atoms with Gasteiger partial charge in [0.2, 0.25) is 5.96 Å². The van der Waals surface area contributed by atoms with Gasteiger partial charge in [-0.2, -0.15) is 0 Å². The Kier molecular flexibility index (Phi) is 4.11. The topological polar surface area (TPSA) is 100 Å². The van der Waals surface area contributed by atoms with Crippen LogP contribution in [0.4, 0.5) is 5.69 Å². The maximum Gasteiger partial charge on any atom is 0.266 e. The van der Waals surface area contributed by atoms with Crippen LogP contribution in [0.3, 0.4) is 0 Å². The van der Waals surface area contributed by atoms with Crippen LogP contribution >= 0.6 is 0 Å². The fourth-order valence-corrected chi connectivity index (χ4v) is 2.95. The fraction of sp³-hybridized carbons (Fsp3) is 0.462. The molecule has 0 atom stereocenters. The van der Waals surface area contributed by atoms with Crippen molar-refractivity contribution in [2.45, 2.75) is 31.2 Å². The number of anilines is 1. The highest BCUT2D eigenvalue weighted by Crippen LogP contribution is 2.29. The summed E-state index contributed by atoms with van der Waals surface area (Å²) in [6.45, 7) is 5.48. The molecule has 1 aliphatic heterocycles. The number of hydrogen-bond acceptors (Lipinski definition) is 5. The lowest BCUT2D eigenvalue weighted by Crippen LogP contribution is -2.43. The summed E-state index contributed by atoms with van der Waals surface area (Å²) in [5.74, 6) is 0.574. The summed E-state index contributed by atoms with van der Waals surface area (Å²) < 4.78 is 32.2. The van der Waals surface area contributed by atoms with Crippen LogP contribution in [-0.4, -0.2) is 38.2 Å².